The summed E-state index contributed by atoms with van der Waals surface area (Å²) in [5.41, 5.74) is 6.21. The molecule has 2 rings (SSSR count). The zero-order valence-corrected chi connectivity index (χ0v) is 12.3. The summed E-state index contributed by atoms with van der Waals surface area (Å²) in [5.74, 6) is -0.0780. The van der Waals surface area contributed by atoms with E-state index in [2.05, 4.69) is 9.97 Å². The second-order valence-electron chi connectivity index (χ2n) is 4.45. The van der Waals surface area contributed by atoms with Gasteiger partial charge in [0.1, 0.15) is 5.69 Å². The fraction of sp³-hybridized carbons (Fsp3) is 0.500. The Labute approximate surface area is 122 Å². The van der Waals surface area contributed by atoms with Crippen molar-refractivity contribution < 1.29 is 4.79 Å². The first-order chi connectivity index (χ1) is 9.09. The van der Waals surface area contributed by atoms with Gasteiger partial charge in [-0.3, -0.25) is 9.78 Å². The third-order valence-electron chi connectivity index (χ3n) is 3.48. The first kappa shape index (κ1) is 14.2. The Morgan fingerprint density at radius 3 is 2.63 bits per heavy atom. The molecule has 1 aliphatic heterocycles. The molecule has 5 nitrogen and oxygen atoms in total. The van der Waals surface area contributed by atoms with Crippen molar-refractivity contribution in [2.45, 2.75) is 17.6 Å². The summed E-state index contributed by atoms with van der Waals surface area (Å²) in [6.07, 6.45) is 8.16. The van der Waals surface area contributed by atoms with Crippen molar-refractivity contribution >= 4 is 34.9 Å². The number of thioether (sulfide) groups is 1. The molecule has 0 spiro atoms. The topological polar surface area (TPSA) is 72.1 Å². The van der Waals surface area contributed by atoms with Crippen LogP contribution in [0, 0.1) is 0 Å². The molecule has 7 heteroatoms. The van der Waals surface area contributed by atoms with Gasteiger partial charge in [-0.25, -0.2) is 4.98 Å². The van der Waals surface area contributed by atoms with Crippen LogP contribution in [-0.4, -0.2) is 49.9 Å². The lowest BCUT2D eigenvalue weighted by molar-refractivity contribution is 0.0712. The van der Waals surface area contributed by atoms with E-state index in [4.69, 9.17) is 18.0 Å². The lowest BCUT2D eigenvalue weighted by atomic mass is 9.95. The van der Waals surface area contributed by atoms with Crippen molar-refractivity contribution in [2.75, 3.05) is 19.3 Å². The highest BCUT2D eigenvalue weighted by atomic mass is 32.2. The second kappa shape index (κ2) is 5.83. The van der Waals surface area contributed by atoms with E-state index in [-0.39, 0.29) is 10.7 Å². The standard InChI is InChI=1S/C12H16N4OS2/c1-19-12(11(13)18)2-6-16(7-3-12)10(17)9-8-14-4-5-15-9/h4-5,8H,2-3,6-7H2,1H3,(H2,13,18). The van der Waals surface area contributed by atoms with Crippen LogP contribution in [0.1, 0.15) is 23.3 Å². The predicted molar refractivity (Wildman–Crippen MR) is 80.2 cm³/mol. The third-order valence-corrected chi connectivity index (χ3v) is 5.41. The minimum Gasteiger partial charge on any atom is -0.392 e. The van der Waals surface area contributed by atoms with Gasteiger partial charge in [0, 0.05) is 25.5 Å². The first-order valence-corrected chi connectivity index (χ1v) is 7.63. The number of hydrogen-bond acceptors (Lipinski definition) is 5. The Morgan fingerprint density at radius 1 is 1.47 bits per heavy atom. The molecule has 2 N–H and O–H groups in total. The first-order valence-electron chi connectivity index (χ1n) is 5.99. The van der Waals surface area contributed by atoms with Gasteiger partial charge >= 0.3 is 0 Å². The molecule has 0 radical (unpaired) electrons. The molecule has 2 heterocycles. The smallest absolute Gasteiger partial charge is 0.274 e. The monoisotopic (exact) mass is 296 g/mol. The maximum atomic E-state index is 12.2. The molecule has 0 aliphatic carbocycles. The summed E-state index contributed by atoms with van der Waals surface area (Å²) in [6.45, 7) is 1.29. The van der Waals surface area contributed by atoms with Gasteiger partial charge in [-0.15, -0.1) is 0 Å². The molecule has 1 aromatic rings. The molecular weight excluding hydrogens is 280 g/mol. The van der Waals surface area contributed by atoms with Crippen molar-refractivity contribution in [3.8, 4) is 0 Å². The maximum absolute atomic E-state index is 12.2. The lowest BCUT2D eigenvalue weighted by Crippen LogP contribution is -2.50. The Balaban J connectivity index is 2.04. The number of nitrogens with two attached hydrogens (primary N) is 1. The highest BCUT2D eigenvalue weighted by molar-refractivity contribution is 8.02. The van der Waals surface area contributed by atoms with Gasteiger partial charge in [0.15, 0.2) is 0 Å². The summed E-state index contributed by atoms with van der Waals surface area (Å²) < 4.78 is -0.172. The molecule has 1 amide bonds. The summed E-state index contributed by atoms with van der Waals surface area (Å²) in [7, 11) is 0. The van der Waals surface area contributed by atoms with E-state index in [0.29, 0.717) is 23.8 Å². The molecular formula is C12H16N4OS2. The lowest BCUT2D eigenvalue weighted by Gasteiger charge is -2.39. The van der Waals surface area contributed by atoms with Crippen molar-refractivity contribution in [2.24, 2.45) is 5.73 Å². The molecule has 1 aliphatic rings. The SMILES string of the molecule is CSC1(C(N)=S)CCN(C(=O)c2cnccn2)CC1. The van der Waals surface area contributed by atoms with Gasteiger partial charge in [0.25, 0.3) is 5.91 Å². The fourth-order valence-corrected chi connectivity index (χ4v) is 3.44. The van der Waals surface area contributed by atoms with Gasteiger partial charge in [0.2, 0.25) is 0 Å². The van der Waals surface area contributed by atoms with Gasteiger partial charge in [-0.05, 0) is 19.1 Å². The molecule has 0 atom stereocenters. The van der Waals surface area contributed by atoms with E-state index in [1.165, 1.54) is 12.4 Å². The number of amides is 1. The molecule has 0 unspecified atom stereocenters. The molecule has 1 saturated heterocycles. The second-order valence-corrected chi connectivity index (χ2v) is 6.08. The van der Waals surface area contributed by atoms with Crippen LogP contribution in [0.15, 0.2) is 18.6 Å². The number of rotatable bonds is 3. The number of carbonyl (C=O) groups excluding carboxylic acids is 1. The third kappa shape index (κ3) is 2.87. The number of nitrogens with zero attached hydrogens (tertiary/aromatic N) is 3. The summed E-state index contributed by atoms with van der Waals surface area (Å²) in [4.78, 5) is 22.5. The van der Waals surface area contributed by atoms with Crippen LogP contribution < -0.4 is 5.73 Å². The molecule has 19 heavy (non-hydrogen) atoms. The molecule has 1 fully saturated rings. The highest BCUT2D eigenvalue weighted by Crippen LogP contribution is 2.35. The van der Waals surface area contributed by atoms with E-state index >= 15 is 0 Å². The van der Waals surface area contributed by atoms with Crippen molar-refractivity contribution in [3.05, 3.63) is 24.3 Å². The average Bonchev–Trinajstić information content (AvgIpc) is 2.47. The van der Waals surface area contributed by atoms with Crippen LogP contribution in [0.2, 0.25) is 0 Å². The van der Waals surface area contributed by atoms with E-state index in [0.717, 1.165) is 12.8 Å². The van der Waals surface area contributed by atoms with Crippen LogP contribution >= 0.6 is 24.0 Å². The van der Waals surface area contributed by atoms with Crippen molar-refractivity contribution in [3.63, 3.8) is 0 Å². The molecule has 0 bridgehead atoms. The molecule has 102 valence electrons. The molecule has 1 aromatic heterocycles. The van der Waals surface area contributed by atoms with Gasteiger partial charge in [-0.1, -0.05) is 12.2 Å². The number of thiocarbonyl (C=S) groups is 1. The number of aromatic nitrogens is 2. The summed E-state index contributed by atoms with van der Waals surface area (Å²) in [6, 6.07) is 0. The quantitative estimate of drug-likeness (QED) is 0.842. The zero-order valence-electron chi connectivity index (χ0n) is 10.7. The Bertz CT molecular complexity index is 472. The van der Waals surface area contributed by atoms with Crippen molar-refractivity contribution in [1.82, 2.24) is 14.9 Å². The van der Waals surface area contributed by atoms with Gasteiger partial charge in [0.05, 0.1) is 15.9 Å². The minimum atomic E-state index is -0.172. The van der Waals surface area contributed by atoms with E-state index in [1.807, 2.05) is 6.26 Å². The minimum absolute atomic E-state index is 0.0780. The van der Waals surface area contributed by atoms with Crippen LogP contribution in [0.5, 0.6) is 0 Å². The number of hydrogen-bond donors (Lipinski definition) is 1. The highest BCUT2D eigenvalue weighted by Gasteiger charge is 2.38. The van der Waals surface area contributed by atoms with E-state index < -0.39 is 0 Å². The maximum Gasteiger partial charge on any atom is 0.274 e. The summed E-state index contributed by atoms with van der Waals surface area (Å²) in [5, 5.41) is 0. The normalized spacial score (nSPS) is 18.1. The van der Waals surface area contributed by atoms with Crippen LogP contribution in [0.3, 0.4) is 0 Å². The molecule has 0 aromatic carbocycles. The van der Waals surface area contributed by atoms with Gasteiger partial charge in [-0.2, -0.15) is 11.8 Å². The number of carbonyl (C=O) groups is 1. The molecule has 0 saturated carbocycles. The fourth-order valence-electron chi connectivity index (χ4n) is 2.19. The summed E-state index contributed by atoms with van der Waals surface area (Å²) >= 11 is 6.83. The van der Waals surface area contributed by atoms with Gasteiger partial charge < -0.3 is 10.6 Å². The van der Waals surface area contributed by atoms with E-state index in [1.54, 1.807) is 22.9 Å². The number of piperidine rings is 1. The number of likely N-dealkylation sites (tertiary alicyclic amines) is 1. The van der Waals surface area contributed by atoms with Crippen LogP contribution in [-0.2, 0) is 0 Å². The Hall–Kier alpha value is -1.21. The predicted octanol–water partition coefficient (Wildman–Crippen LogP) is 1.10. The largest absolute Gasteiger partial charge is 0.392 e. The average molecular weight is 296 g/mol. The Morgan fingerprint density at radius 2 is 2.16 bits per heavy atom. The van der Waals surface area contributed by atoms with Crippen LogP contribution in [0.4, 0.5) is 0 Å². The van der Waals surface area contributed by atoms with E-state index in [9.17, 15) is 4.79 Å². The Kier molecular flexibility index (Phi) is 4.36. The van der Waals surface area contributed by atoms with Crippen molar-refractivity contribution in [1.29, 1.82) is 0 Å². The zero-order chi connectivity index (χ0) is 13.9. The van der Waals surface area contributed by atoms with Crippen LogP contribution in [0.25, 0.3) is 0 Å².